The summed E-state index contributed by atoms with van der Waals surface area (Å²) in [6.07, 6.45) is -14.4. The molecule has 0 radical (unpaired) electrons. The molecule has 0 aliphatic carbocycles. The molecule has 13 heteroatoms. The van der Waals surface area contributed by atoms with Gasteiger partial charge in [-0.15, -0.1) is 0 Å². The summed E-state index contributed by atoms with van der Waals surface area (Å²) in [4.78, 5) is 12.9. The van der Waals surface area contributed by atoms with E-state index in [2.05, 4.69) is 10.1 Å². The third-order valence-electron chi connectivity index (χ3n) is 5.69. The molecule has 0 spiro atoms. The van der Waals surface area contributed by atoms with Crippen molar-refractivity contribution in [3.8, 4) is 5.75 Å². The fraction of sp³-hybridized carbons (Fsp3) is 0.269. The summed E-state index contributed by atoms with van der Waals surface area (Å²) in [5.41, 5.74) is -1.98. The zero-order chi connectivity index (χ0) is 29.0. The maximum absolute atomic E-state index is 14.7. The fourth-order valence-corrected chi connectivity index (χ4v) is 3.77. The lowest BCUT2D eigenvalue weighted by molar-refractivity contribution is -0.253. The summed E-state index contributed by atoms with van der Waals surface area (Å²) in [6, 6.07) is 10.3. The molecule has 1 unspecified atom stereocenters. The van der Waals surface area contributed by atoms with Gasteiger partial charge in [0, 0.05) is 12.5 Å². The first-order valence-corrected chi connectivity index (χ1v) is 11.2. The zero-order valence-electron chi connectivity index (χ0n) is 20.0. The molecule has 3 aromatic carbocycles. The van der Waals surface area contributed by atoms with Crippen LogP contribution in [0.5, 0.6) is 5.75 Å². The summed E-state index contributed by atoms with van der Waals surface area (Å²) in [7, 11) is 0. The van der Waals surface area contributed by atoms with Gasteiger partial charge in [-0.05, 0) is 47.9 Å². The maximum Gasteiger partial charge on any atom is 0.461 e. The molecule has 0 aliphatic rings. The Labute approximate surface area is 216 Å². The molecule has 3 rings (SSSR count). The van der Waals surface area contributed by atoms with E-state index in [1.165, 1.54) is 0 Å². The lowest BCUT2D eigenvalue weighted by atomic mass is 9.77. The molecule has 0 aromatic heterocycles. The molecule has 210 valence electrons. The number of urea groups is 1. The SMILES string of the molecule is CC(NC(=O)N[C@](Cc1ccccc1)(c1ccc(F)cc1)c1cc(F)cc(OC(F)(F)C(F)F)c1)C(F)(F)F. The minimum Gasteiger partial charge on any atom is -0.428 e. The van der Waals surface area contributed by atoms with Crippen molar-refractivity contribution >= 4 is 6.03 Å². The van der Waals surface area contributed by atoms with Crippen LogP contribution in [0.15, 0.2) is 72.8 Å². The van der Waals surface area contributed by atoms with Gasteiger partial charge in [0.1, 0.15) is 23.4 Å². The first kappa shape index (κ1) is 29.7. The largest absolute Gasteiger partial charge is 0.461 e. The van der Waals surface area contributed by atoms with Crippen molar-refractivity contribution in [2.75, 3.05) is 0 Å². The number of carbonyl (C=O) groups excluding carboxylic acids is 1. The molecule has 0 heterocycles. The molecule has 0 fully saturated rings. The minimum absolute atomic E-state index is 0.000246. The van der Waals surface area contributed by atoms with Crippen molar-refractivity contribution in [1.29, 1.82) is 0 Å². The van der Waals surface area contributed by atoms with Crippen LogP contribution in [0.2, 0.25) is 0 Å². The number of benzene rings is 3. The molecular weight excluding hydrogens is 543 g/mol. The Morgan fingerprint density at radius 3 is 2.03 bits per heavy atom. The number of nitrogens with one attached hydrogen (secondary N) is 2. The van der Waals surface area contributed by atoms with Crippen LogP contribution < -0.4 is 15.4 Å². The van der Waals surface area contributed by atoms with Crippen LogP contribution in [0.25, 0.3) is 0 Å². The van der Waals surface area contributed by atoms with Crippen LogP contribution in [0.4, 0.5) is 44.3 Å². The minimum atomic E-state index is -5.02. The summed E-state index contributed by atoms with van der Waals surface area (Å²) in [5.74, 6) is -3.04. The summed E-state index contributed by atoms with van der Waals surface area (Å²) < 4.78 is 125. The second-order valence-electron chi connectivity index (χ2n) is 8.58. The van der Waals surface area contributed by atoms with E-state index in [9.17, 15) is 44.3 Å². The number of carbonyl (C=O) groups is 1. The van der Waals surface area contributed by atoms with Gasteiger partial charge in [0.25, 0.3) is 0 Å². The van der Waals surface area contributed by atoms with Crippen LogP contribution in [-0.2, 0) is 12.0 Å². The summed E-state index contributed by atoms with van der Waals surface area (Å²) in [6.45, 7) is 0.664. The third kappa shape index (κ3) is 7.36. The number of alkyl halides is 7. The van der Waals surface area contributed by atoms with Gasteiger partial charge in [0.15, 0.2) is 0 Å². The van der Waals surface area contributed by atoms with Gasteiger partial charge in [0.2, 0.25) is 0 Å². The highest BCUT2D eigenvalue weighted by molar-refractivity contribution is 5.76. The van der Waals surface area contributed by atoms with E-state index in [4.69, 9.17) is 0 Å². The Kier molecular flexibility index (Phi) is 8.71. The second-order valence-corrected chi connectivity index (χ2v) is 8.58. The number of halogens is 9. The van der Waals surface area contributed by atoms with Crippen LogP contribution in [0, 0.1) is 11.6 Å². The number of hydrogen-bond acceptors (Lipinski definition) is 2. The fourth-order valence-electron chi connectivity index (χ4n) is 3.77. The Morgan fingerprint density at radius 1 is 0.846 bits per heavy atom. The lowest BCUT2D eigenvalue weighted by Crippen LogP contribution is -2.55. The normalized spacial score (nSPS) is 14.4. The highest BCUT2D eigenvalue weighted by atomic mass is 19.4. The van der Waals surface area contributed by atoms with Crippen molar-refractivity contribution in [2.24, 2.45) is 0 Å². The monoisotopic (exact) mass is 564 g/mol. The predicted molar refractivity (Wildman–Crippen MR) is 122 cm³/mol. The van der Waals surface area contributed by atoms with Crippen LogP contribution in [0.3, 0.4) is 0 Å². The highest BCUT2D eigenvalue weighted by Crippen LogP contribution is 2.38. The smallest absolute Gasteiger partial charge is 0.428 e. The van der Waals surface area contributed by atoms with Crippen LogP contribution in [-0.4, -0.2) is 30.8 Å². The molecule has 0 saturated heterocycles. The van der Waals surface area contributed by atoms with Crippen molar-refractivity contribution < 1.29 is 49.0 Å². The van der Waals surface area contributed by atoms with E-state index < -0.39 is 53.7 Å². The first-order valence-electron chi connectivity index (χ1n) is 11.2. The number of amides is 2. The molecule has 0 bridgehead atoms. The van der Waals surface area contributed by atoms with Crippen LogP contribution in [0.1, 0.15) is 23.6 Å². The standard InChI is InChI=1S/C26H21F9N2O2/c1-15(25(31,32)33)36-23(38)37-24(14-16-5-3-2-4-6-16,17-7-9-19(27)10-8-17)18-11-20(28)13-21(12-18)39-26(34,35)22(29)30/h2-13,15,22H,14H2,1H3,(H2,36,37,38)/t15?,24-/m1/s1. The molecule has 2 N–H and O–H groups in total. The highest BCUT2D eigenvalue weighted by Gasteiger charge is 2.45. The third-order valence-corrected chi connectivity index (χ3v) is 5.69. The molecule has 39 heavy (non-hydrogen) atoms. The quantitative estimate of drug-likeness (QED) is 0.277. The Bertz CT molecular complexity index is 1270. The van der Waals surface area contributed by atoms with Gasteiger partial charge in [-0.25, -0.2) is 13.6 Å². The van der Waals surface area contributed by atoms with Gasteiger partial charge in [0.05, 0.1) is 5.54 Å². The second kappa shape index (κ2) is 11.5. The van der Waals surface area contributed by atoms with Crippen molar-refractivity contribution in [2.45, 2.75) is 43.6 Å². The summed E-state index contributed by atoms with van der Waals surface area (Å²) in [5, 5.41) is 4.04. The topological polar surface area (TPSA) is 50.4 Å². The Hall–Kier alpha value is -3.90. The number of ether oxygens (including phenoxy) is 1. The molecule has 4 nitrogen and oxygen atoms in total. The zero-order valence-corrected chi connectivity index (χ0v) is 20.0. The van der Waals surface area contributed by atoms with Crippen molar-refractivity contribution in [3.05, 3.63) is 101 Å². The van der Waals surface area contributed by atoms with Gasteiger partial charge in [-0.2, -0.15) is 30.7 Å². The number of rotatable bonds is 9. The van der Waals surface area contributed by atoms with Crippen molar-refractivity contribution in [3.63, 3.8) is 0 Å². The van der Waals surface area contributed by atoms with Crippen molar-refractivity contribution in [1.82, 2.24) is 10.6 Å². The molecule has 3 aromatic rings. The Morgan fingerprint density at radius 2 is 1.46 bits per heavy atom. The molecule has 2 atom stereocenters. The average molecular weight is 564 g/mol. The van der Waals surface area contributed by atoms with E-state index in [-0.39, 0.29) is 17.5 Å². The lowest BCUT2D eigenvalue weighted by Gasteiger charge is -2.37. The van der Waals surface area contributed by atoms with Gasteiger partial charge in [-0.1, -0.05) is 42.5 Å². The molecule has 0 aliphatic heterocycles. The van der Waals surface area contributed by atoms with E-state index in [0.29, 0.717) is 18.6 Å². The molecule has 2 amide bonds. The van der Waals surface area contributed by atoms with E-state index in [1.807, 2.05) is 0 Å². The van der Waals surface area contributed by atoms with E-state index in [0.717, 1.165) is 36.4 Å². The Balaban J connectivity index is 2.23. The van der Waals surface area contributed by atoms with Gasteiger partial charge >= 0.3 is 24.7 Å². The molecular formula is C26H21F9N2O2. The first-order chi connectivity index (χ1) is 18.1. The number of hydrogen-bond donors (Lipinski definition) is 2. The van der Waals surface area contributed by atoms with Gasteiger partial charge in [-0.3, -0.25) is 0 Å². The average Bonchev–Trinajstić information content (AvgIpc) is 2.83. The summed E-state index contributed by atoms with van der Waals surface area (Å²) >= 11 is 0. The predicted octanol–water partition coefficient (Wildman–Crippen LogP) is 6.94. The molecule has 0 saturated carbocycles. The van der Waals surface area contributed by atoms with E-state index in [1.54, 1.807) is 35.6 Å². The van der Waals surface area contributed by atoms with Gasteiger partial charge < -0.3 is 15.4 Å². The van der Waals surface area contributed by atoms with E-state index >= 15 is 0 Å². The maximum atomic E-state index is 14.7. The van der Waals surface area contributed by atoms with Crippen LogP contribution >= 0.6 is 0 Å².